The van der Waals surface area contributed by atoms with Gasteiger partial charge in [-0.1, -0.05) is 36.4 Å². The van der Waals surface area contributed by atoms with E-state index < -0.39 is 5.60 Å². The minimum absolute atomic E-state index is 0.113. The van der Waals surface area contributed by atoms with E-state index in [1.54, 1.807) is 4.90 Å². The number of rotatable bonds is 2. The van der Waals surface area contributed by atoms with E-state index in [1.165, 1.54) is 16.7 Å². The van der Waals surface area contributed by atoms with Gasteiger partial charge in [-0.15, -0.1) is 0 Å². The summed E-state index contributed by atoms with van der Waals surface area (Å²) in [6, 6.07) is 16.6. The highest BCUT2D eigenvalue weighted by molar-refractivity contribution is 5.98. The van der Waals surface area contributed by atoms with Gasteiger partial charge in [0.2, 0.25) is 5.91 Å². The lowest BCUT2D eigenvalue weighted by molar-refractivity contribution is -0.121. The molecule has 0 radical (unpaired) electrons. The average Bonchev–Trinajstić information content (AvgIpc) is 3.34. The van der Waals surface area contributed by atoms with Crippen LogP contribution in [0.3, 0.4) is 0 Å². The number of hydrogen-bond acceptors (Lipinski definition) is 3. The summed E-state index contributed by atoms with van der Waals surface area (Å²) >= 11 is 0. The Bertz CT molecular complexity index is 917. The third-order valence-corrected chi connectivity index (χ3v) is 5.54. The molecule has 0 spiro atoms. The lowest BCUT2D eigenvalue weighted by Gasteiger charge is -2.25. The second-order valence-corrected chi connectivity index (χ2v) is 8.86. The minimum Gasteiger partial charge on any atom is -0.444 e. The van der Waals surface area contributed by atoms with E-state index in [4.69, 9.17) is 4.74 Å². The third-order valence-electron chi connectivity index (χ3n) is 5.54. The van der Waals surface area contributed by atoms with Gasteiger partial charge in [-0.25, -0.2) is 4.79 Å². The van der Waals surface area contributed by atoms with Gasteiger partial charge >= 0.3 is 6.09 Å². The number of hydrogen-bond donors (Lipinski definition) is 0. The largest absolute Gasteiger partial charge is 0.444 e. The number of carbonyl (C=O) groups is 2. The van der Waals surface area contributed by atoms with Gasteiger partial charge in [0.1, 0.15) is 5.60 Å². The Morgan fingerprint density at radius 3 is 2.48 bits per heavy atom. The first kappa shape index (κ1) is 19.5. The van der Waals surface area contributed by atoms with Gasteiger partial charge in [0, 0.05) is 25.3 Å². The summed E-state index contributed by atoms with van der Waals surface area (Å²) in [7, 11) is 0. The molecule has 5 nitrogen and oxygen atoms in total. The number of likely N-dealkylation sites (tertiary alicyclic amines) is 1. The molecular formula is C24H28N2O3. The number of amides is 2. The van der Waals surface area contributed by atoms with Crippen LogP contribution < -0.4 is 4.90 Å². The van der Waals surface area contributed by atoms with Gasteiger partial charge in [0.05, 0.1) is 5.92 Å². The summed E-state index contributed by atoms with van der Waals surface area (Å²) in [4.78, 5) is 29.0. The maximum Gasteiger partial charge on any atom is 0.410 e. The van der Waals surface area contributed by atoms with Crippen molar-refractivity contribution >= 4 is 17.7 Å². The molecule has 1 unspecified atom stereocenters. The van der Waals surface area contributed by atoms with Crippen molar-refractivity contribution in [2.45, 2.75) is 39.2 Å². The van der Waals surface area contributed by atoms with Crippen molar-refractivity contribution in [2.24, 2.45) is 5.92 Å². The van der Waals surface area contributed by atoms with Gasteiger partial charge in [0.15, 0.2) is 0 Å². The van der Waals surface area contributed by atoms with Crippen LogP contribution in [0.1, 0.15) is 32.8 Å². The number of nitrogens with zero attached hydrogens (tertiary/aromatic N) is 2. The van der Waals surface area contributed by atoms with E-state index in [1.807, 2.05) is 43.9 Å². The van der Waals surface area contributed by atoms with Crippen molar-refractivity contribution in [1.82, 2.24) is 4.90 Å². The zero-order valence-corrected chi connectivity index (χ0v) is 17.4. The first-order valence-corrected chi connectivity index (χ1v) is 10.3. The van der Waals surface area contributed by atoms with E-state index in [0.29, 0.717) is 26.1 Å². The van der Waals surface area contributed by atoms with Crippen LogP contribution >= 0.6 is 0 Å². The SMILES string of the molecule is CC(C)(C)OC(=O)N1CCC(C(=O)N2CCc3cc(-c4ccccc4)ccc32)C1. The van der Waals surface area contributed by atoms with E-state index in [2.05, 4.69) is 30.3 Å². The molecule has 2 aromatic carbocycles. The van der Waals surface area contributed by atoms with Crippen molar-refractivity contribution in [3.05, 3.63) is 54.1 Å². The van der Waals surface area contributed by atoms with Gasteiger partial charge in [-0.2, -0.15) is 0 Å². The molecule has 29 heavy (non-hydrogen) atoms. The zero-order chi connectivity index (χ0) is 20.6. The maximum atomic E-state index is 13.2. The molecule has 152 valence electrons. The molecule has 1 fully saturated rings. The number of carbonyl (C=O) groups excluding carboxylic acids is 2. The first-order chi connectivity index (χ1) is 13.8. The molecule has 2 amide bonds. The molecular weight excluding hydrogens is 364 g/mol. The van der Waals surface area contributed by atoms with Crippen LogP contribution in [-0.2, 0) is 16.0 Å². The van der Waals surface area contributed by atoms with E-state index >= 15 is 0 Å². The molecule has 4 rings (SSSR count). The molecule has 0 aromatic heterocycles. The molecule has 0 N–H and O–H groups in total. The molecule has 2 heterocycles. The predicted octanol–water partition coefficient (Wildman–Crippen LogP) is 4.50. The van der Waals surface area contributed by atoms with Crippen LogP contribution in [0, 0.1) is 5.92 Å². The number of ether oxygens (including phenoxy) is 1. The van der Waals surface area contributed by atoms with Crippen LogP contribution in [0.4, 0.5) is 10.5 Å². The van der Waals surface area contributed by atoms with Gasteiger partial charge in [-0.05, 0) is 62.4 Å². The summed E-state index contributed by atoms with van der Waals surface area (Å²) in [5, 5.41) is 0. The van der Waals surface area contributed by atoms with Gasteiger partial charge in [0.25, 0.3) is 0 Å². The molecule has 2 aliphatic rings. The summed E-state index contributed by atoms with van der Waals surface area (Å²) in [5.41, 5.74) is 4.05. The standard InChI is InChI=1S/C24H28N2O3/c1-24(2,3)29-23(28)25-13-11-20(16-25)22(27)26-14-12-19-15-18(9-10-21(19)26)17-7-5-4-6-8-17/h4-10,15,20H,11-14,16H2,1-3H3. The molecule has 0 bridgehead atoms. The van der Waals surface area contributed by atoms with Crippen LogP contribution in [0.25, 0.3) is 11.1 Å². The predicted molar refractivity (Wildman–Crippen MR) is 114 cm³/mol. The molecule has 1 atom stereocenters. The lowest BCUT2D eigenvalue weighted by atomic mass is 10.0. The lowest BCUT2D eigenvalue weighted by Crippen LogP contribution is -2.39. The Kier molecular flexibility index (Phi) is 5.07. The number of benzene rings is 2. The number of fused-ring (bicyclic) bond motifs is 1. The van der Waals surface area contributed by atoms with Crippen molar-refractivity contribution < 1.29 is 14.3 Å². The second-order valence-electron chi connectivity index (χ2n) is 8.86. The topological polar surface area (TPSA) is 49.9 Å². The van der Waals surface area contributed by atoms with E-state index in [0.717, 1.165) is 12.1 Å². The Morgan fingerprint density at radius 1 is 1.00 bits per heavy atom. The highest BCUT2D eigenvalue weighted by atomic mass is 16.6. The maximum absolute atomic E-state index is 13.2. The Balaban J connectivity index is 1.45. The highest BCUT2D eigenvalue weighted by Crippen LogP contribution is 2.34. The van der Waals surface area contributed by atoms with Crippen molar-refractivity contribution in [3.63, 3.8) is 0 Å². The van der Waals surface area contributed by atoms with Crippen molar-refractivity contribution in [2.75, 3.05) is 24.5 Å². The van der Waals surface area contributed by atoms with Gasteiger partial charge < -0.3 is 14.5 Å². The first-order valence-electron chi connectivity index (χ1n) is 10.3. The normalized spacial score (nSPS) is 18.7. The van der Waals surface area contributed by atoms with Crippen LogP contribution in [0.5, 0.6) is 0 Å². The van der Waals surface area contributed by atoms with Crippen LogP contribution in [0.15, 0.2) is 48.5 Å². The smallest absolute Gasteiger partial charge is 0.410 e. The minimum atomic E-state index is -0.524. The fourth-order valence-corrected chi connectivity index (χ4v) is 4.12. The molecule has 0 aliphatic carbocycles. The second kappa shape index (κ2) is 7.54. The number of anilines is 1. The van der Waals surface area contributed by atoms with Gasteiger partial charge in [-0.3, -0.25) is 4.79 Å². The van der Waals surface area contributed by atoms with E-state index in [9.17, 15) is 9.59 Å². The van der Waals surface area contributed by atoms with E-state index in [-0.39, 0.29) is 17.9 Å². The van der Waals surface area contributed by atoms with Crippen molar-refractivity contribution in [1.29, 1.82) is 0 Å². The Hall–Kier alpha value is -2.82. The molecule has 1 saturated heterocycles. The van der Waals surface area contributed by atoms with Crippen LogP contribution in [0.2, 0.25) is 0 Å². The summed E-state index contributed by atoms with van der Waals surface area (Å²) < 4.78 is 5.45. The summed E-state index contributed by atoms with van der Waals surface area (Å²) in [6.45, 7) is 7.27. The average molecular weight is 392 g/mol. The summed E-state index contributed by atoms with van der Waals surface area (Å²) in [5.74, 6) is -0.0514. The molecule has 0 saturated carbocycles. The Labute approximate surface area is 172 Å². The monoisotopic (exact) mass is 392 g/mol. The van der Waals surface area contributed by atoms with Crippen LogP contribution in [-0.4, -0.2) is 42.1 Å². The molecule has 2 aliphatic heterocycles. The Morgan fingerprint density at radius 2 is 1.76 bits per heavy atom. The molecule has 5 heteroatoms. The molecule has 2 aromatic rings. The van der Waals surface area contributed by atoms with Crippen molar-refractivity contribution in [3.8, 4) is 11.1 Å². The fourth-order valence-electron chi connectivity index (χ4n) is 4.12. The quantitative estimate of drug-likeness (QED) is 0.756. The highest BCUT2D eigenvalue weighted by Gasteiger charge is 2.37. The fraction of sp³-hybridized carbons (Fsp3) is 0.417. The zero-order valence-electron chi connectivity index (χ0n) is 17.4. The summed E-state index contributed by atoms with van der Waals surface area (Å²) in [6.07, 6.45) is 1.22. The third kappa shape index (κ3) is 4.14.